The second kappa shape index (κ2) is 7.12. The minimum atomic E-state index is -0.717. The van der Waals surface area contributed by atoms with Crippen molar-refractivity contribution in [1.29, 1.82) is 0 Å². The molecule has 10 heteroatoms. The number of nitrogens with zero attached hydrogens (tertiary/aromatic N) is 3. The lowest BCUT2D eigenvalue weighted by Gasteiger charge is -2.22. The summed E-state index contributed by atoms with van der Waals surface area (Å²) in [6.45, 7) is 0. The molecule has 0 saturated carbocycles. The lowest BCUT2D eigenvalue weighted by atomic mass is 10.1. The lowest BCUT2D eigenvalue weighted by Crippen LogP contribution is -2.42. The average Bonchev–Trinajstić information content (AvgIpc) is 3.12. The number of amides is 2. The van der Waals surface area contributed by atoms with Crippen LogP contribution in [0.25, 0.3) is 0 Å². The van der Waals surface area contributed by atoms with Gasteiger partial charge in [-0.2, -0.15) is 5.10 Å². The SMILES string of the molecule is NC(=O)c1cc(Cl)c(Cl)cc1NC(=O)C1CCC(n2ccnc2)=NN1. The largest absolute Gasteiger partial charge is 0.366 e. The summed E-state index contributed by atoms with van der Waals surface area (Å²) in [5, 5.41) is 7.23. The van der Waals surface area contributed by atoms with Gasteiger partial charge in [0.15, 0.2) is 0 Å². The molecule has 2 amide bonds. The Hall–Kier alpha value is -2.58. The van der Waals surface area contributed by atoms with Gasteiger partial charge in [-0.05, 0) is 18.6 Å². The van der Waals surface area contributed by atoms with E-state index in [1.807, 2.05) is 0 Å². The number of carbonyl (C=O) groups is 2. The van der Waals surface area contributed by atoms with Gasteiger partial charge >= 0.3 is 0 Å². The Morgan fingerprint density at radius 2 is 2.08 bits per heavy atom. The zero-order chi connectivity index (χ0) is 18.0. The number of hydrogen-bond acceptors (Lipinski definition) is 5. The first-order valence-electron chi connectivity index (χ1n) is 7.36. The minimum absolute atomic E-state index is 0.0844. The van der Waals surface area contributed by atoms with Crippen LogP contribution < -0.4 is 16.5 Å². The van der Waals surface area contributed by atoms with Crippen molar-refractivity contribution in [1.82, 2.24) is 15.0 Å². The van der Waals surface area contributed by atoms with E-state index in [2.05, 4.69) is 20.8 Å². The maximum atomic E-state index is 12.4. The van der Waals surface area contributed by atoms with E-state index in [-0.39, 0.29) is 27.2 Å². The zero-order valence-electron chi connectivity index (χ0n) is 12.9. The summed E-state index contributed by atoms with van der Waals surface area (Å²) in [6, 6.07) is 2.17. The van der Waals surface area contributed by atoms with Crippen molar-refractivity contribution in [2.75, 3.05) is 5.32 Å². The monoisotopic (exact) mass is 380 g/mol. The summed E-state index contributed by atoms with van der Waals surface area (Å²) >= 11 is 11.8. The minimum Gasteiger partial charge on any atom is -0.366 e. The van der Waals surface area contributed by atoms with Crippen LogP contribution in [-0.4, -0.2) is 33.2 Å². The van der Waals surface area contributed by atoms with Crippen LogP contribution in [0, 0.1) is 0 Å². The molecule has 1 aliphatic heterocycles. The van der Waals surface area contributed by atoms with Crippen molar-refractivity contribution in [3.8, 4) is 0 Å². The zero-order valence-corrected chi connectivity index (χ0v) is 14.4. The molecule has 8 nitrogen and oxygen atoms in total. The number of nitrogens with two attached hydrogens (primary N) is 1. The normalized spacial score (nSPS) is 16.7. The highest BCUT2D eigenvalue weighted by Gasteiger charge is 2.24. The molecule has 0 fully saturated rings. The molecule has 1 aliphatic rings. The molecule has 1 aromatic heterocycles. The van der Waals surface area contributed by atoms with Crippen LogP contribution in [0.1, 0.15) is 23.2 Å². The summed E-state index contributed by atoms with van der Waals surface area (Å²) in [5.74, 6) is -0.311. The number of carbonyl (C=O) groups excluding carboxylic acids is 2. The third-order valence-corrected chi connectivity index (χ3v) is 4.43. The lowest BCUT2D eigenvalue weighted by molar-refractivity contribution is -0.118. The number of hydrogen-bond donors (Lipinski definition) is 3. The van der Waals surface area contributed by atoms with Gasteiger partial charge in [-0.15, -0.1) is 0 Å². The molecule has 1 aromatic carbocycles. The first-order valence-corrected chi connectivity index (χ1v) is 8.11. The van der Waals surface area contributed by atoms with Crippen molar-refractivity contribution in [2.24, 2.45) is 10.8 Å². The van der Waals surface area contributed by atoms with E-state index in [0.29, 0.717) is 12.8 Å². The first kappa shape index (κ1) is 17.2. The molecule has 0 radical (unpaired) electrons. The Labute approximate surface area is 153 Å². The number of imidazole rings is 1. The standard InChI is InChI=1S/C15H14Cl2N6O2/c16-9-5-8(14(18)24)12(6-10(9)17)20-15(25)11-1-2-13(22-21-11)23-4-3-19-7-23/h3-7,11,21H,1-2H2,(H2,18,24)(H,20,25). The maximum absolute atomic E-state index is 12.4. The Bertz CT molecular complexity index is 850. The number of primary amides is 1. The van der Waals surface area contributed by atoms with Crippen molar-refractivity contribution < 1.29 is 9.59 Å². The smallest absolute Gasteiger partial charge is 0.250 e. The van der Waals surface area contributed by atoms with Crippen LogP contribution in [-0.2, 0) is 4.79 Å². The van der Waals surface area contributed by atoms with Crippen LogP contribution >= 0.6 is 23.2 Å². The van der Waals surface area contributed by atoms with E-state index in [1.165, 1.54) is 12.1 Å². The molecule has 2 aromatic rings. The average molecular weight is 381 g/mol. The third-order valence-electron chi connectivity index (χ3n) is 3.71. The number of halogens is 2. The van der Waals surface area contributed by atoms with Gasteiger partial charge in [0.05, 0.1) is 21.3 Å². The van der Waals surface area contributed by atoms with Gasteiger partial charge in [-0.1, -0.05) is 23.2 Å². The predicted octanol–water partition coefficient (Wildman–Crippen LogP) is 1.84. The Morgan fingerprint density at radius 3 is 2.68 bits per heavy atom. The summed E-state index contributed by atoms with van der Waals surface area (Å²) in [6.07, 6.45) is 6.17. The second-order valence-electron chi connectivity index (χ2n) is 5.38. The summed E-state index contributed by atoms with van der Waals surface area (Å²) in [4.78, 5) is 27.9. The quantitative estimate of drug-likeness (QED) is 0.753. The van der Waals surface area contributed by atoms with Gasteiger partial charge in [0.25, 0.3) is 5.91 Å². The highest BCUT2D eigenvalue weighted by atomic mass is 35.5. The van der Waals surface area contributed by atoms with Crippen molar-refractivity contribution in [3.63, 3.8) is 0 Å². The summed E-state index contributed by atoms with van der Waals surface area (Å²) in [7, 11) is 0. The molecule has 4 N–H and O–H groups in total. The molecule has 3 rings (SSSR count). The number of anilines is 1. The number of nitrogens with one attached hydrogen (secondary N) is 2. The van der Waals surface area contributed by atoms with Gasteiger partial charge in [0, 0.05) is 18.8 Å². The number of rotatable bonds is 3. The molecule has 0 saturated heterocycles. The summed E-state index contributed by atoms with van der Waals surface area (Å²) in [5.41, 5.74) is 8.42. The molecular formula is C15H14Cl2N6O2. The van der Waals surface area contributed by atoms with Gasteiger partial charge < -0.3 is 11.1 Å². The topological polar surface area (TPSA) is 114 Å². The molecule has 0 spiro atoms. The van der Waals surface area contributed by atoms with Crippen LogP contribution in [0.2, 0.25) is 10.0 Å². The van der Waals surface area contributed by atoms with Crippen LogP contribution in [0.5, 0.6) is 0 Å². The molecule has 1 unspecified atom stereocenters. The highest BCUT2D eigenvalue weighted by molar-refractivity contribution is 6.42. The predicted molar refractivity (Wildman–Crippen MR) is 94.8 cm³/mol. The van der Waals surface area contributed by atoms with Crippen molar-refractivity contribution in [2.45, 2.75) is 18.9 Å². The van der Waals surface area contributed by atoms with Gasteiger partial charge in [-0.25, -0.2) is 4.98 Å². The Morgan fingerprint density at radius 1 is 1.32 bits per heavy atom. The van der Waals surface area contributed by atoms with Crippen molar-refractivity contribution in [3.05, 3.63) is 46.5 Å². The van der Waals surface area contributed by atoms with E-state index in [9.17, 15) is 9.59 Å². The van der Waals surface area contributed by atoms with E-state index < -0.39 is 11.9 Å². The maximum Gasteiger partial charge on any atom is 0.250 e. The van der Waals surface area contributed by atoms with Gasteiger partial charge in [0.2, 0.25) is 5.91 Å². The Kier molecular flexibility index (Phi) is 4.91. The highest BCUT2D eigenvalue weighted by Crippen LogP contribution is 2.29. The number of benzene rings is 1. The van der Waals surface area contributed by atoms with Crippen LogP contribution in [0.3, 0.4) is 0 Å². The van der Waals surface area contributed by atoms with E-state index in [0.717, 1.165) is 5.84 Å². The van der Waals surface area contributed by atoms with Crippen LogP contribution in [0.4, 0.5) is 5.69 Å². The fourth-order valence-corrected chi connectivity index (χ4v) is 2.74. The Balaban J connectivity index is 1.73. The molecular weight excluding hydrogens is 367 g/mol. The molecule has 2 heterocycles. The fraction of sp³-hybridized carbons (Fsp3) is 0.200. The number of aromatic nitrogens is 2. The van der Waals surface area contributed by atoms with Crippen molar-refractivity contribution >= 4 is 46.5 Å². The van der Waals surface area contributed by atoms with Gasteiger partial charge in [0.1, 0.15) is 18.2 Å². The number of hydrazone groups is 1. The van der Waals surface area contributed by atoms with E-state index in [4.69, 9.17) is 28.9 Å². The van der Waals surface area contributed by atoms with Crippen LogP contribution in [0.15, 0.2) is 36.0 Å². The van der Waals surface area contributed by atoms with E-state index in [1.54, 1.807) is 23.3 Å². The van der Waals surface area contributed by atoms with Gasteiger partial charge in [-0.3, -0.25) is 19.6 Å². The molecule has 130 valence electrons. The molecule has 25 heavy (non-hydrogen) atoms. The molecule has 0 aliphatic carbocycles. The first-order chi connectivity index (χ1) is 12.0. The third kappa shape index (κ3) is 3.75. The second-order valence-corrected chi connectivity index (χ2v) is 6.20. The fourth-order valence-electron chi connectivity index (χ4n) is 2.41. The van der Waals surface area contributed by atoms with E-state index >= 15 is 0 Å². The molecule has 1 atom stereocenters. The summed E-state index contributed by atoms with van der Waals surface area (Å²) < 4.78 is 1.77. The molecule has 0 bridgehead atoms.